The molecule has 1 heterocycles. The first kappa shape index (κ1) is 40.0. The van der Waals surface area contributed by atoms with Crippen molar-refractivity contribution in [3.05, 3.63) is 35.4 Å². The lowest BCUT2D eigenvalue weighted by atomic mass is 9.85. The number of ether oxygens (including phenoxy) is 1. The maximum absolute atomic E-state index is 14.0. The van der Waals surface area contributed by atoms with E-state index in [-0.39, 0.29) is 42.9 Å². The lowest BCUT2D eigenvalue weighted by Gasteiger charge is -2.38. The van der Waals surface area contributed by atoms with Gasteiger partial charge in [0.2, 0.25) is 17.7 Å². The van der Waals surface area contributed by atoms with E-state index in [1.54, 1.807) is 0 Å². The monoisotopic (exact) mass is 671 g/mol. The maximum atomic E-state index is 14.0. The van der Waals surface area contributed by atoms with Crippen LogP contribution in [0.3, 0.4) is 0 Å². The maximum Gasteiger partial charge on any atom is 0.305 e. The first-order valence-electron chi connectivity index (χ1n) is 16.7. The van der Waals surface area contributed by atoms with Crippen molar-refractivity contribution in [2.45, 2.75) is 129 Å². The first-order chi connectivity index (χ1) is 21.8. The summed E-state index contributed by atoms with van der Waals surface area (Å²) < 4.78 is 11.2. The summed E-state index contributed by atoms with van der Waals surface area (Å²) in [6, 6.07) is 5.03. The molecule has 0 spiro atoms. The number of amides is 3. The van der Waals surface area contributed by atoms with Crippen LogP contribution in [0.2, 0.25) is 18.1 Å². The van der Waals surface area contributed by atoms with Gasteiger partial charge in [0, 0.05) is 31.4 Å². The smallest absolute Gasteiger partial charge is 0.305 e. The molecule has 1 aromatic carbocycles. The van der Waals surface area contributed by atoms with E-state index in [1.807, 2.05) is 45.0 Å². The van der Waals surface area contributed by atoms with Crippen molar-refractivity contribution in [2.24, 2.45) is 5.41 Å². The van der Waals surface area contributed by atoms with Crippen LogP contribution < -0.4 is 10.6 Å². The highest BCUT2D eigenvalue weighted by molar-refractivity contribution is 6.74. The van der Waals surface area contributed by atoms with Gasteiger partial charge in [0.1, 0.15) is 12.1 Å². The summed E-state index contributed by atoms with van der Waals surface area (Å²) in [4.78, 5) is 53.6. The van der Waals surface area contributed by atoms with E-state index in [1.165, 1.54) is 12.0 Å². The molecule has 1 fully saturated rings. The number of nitrogens with zero attached hydrogens (tertiary/aromatic N) is 1. The number of β-amino-alcohol motifs (C(OH)–C–C–N with tert-alkyl or cyclic N) is 1. The summed E-state index contributed by atoms with van der Waals surface area (Å²) in [6.07, 6.45) is 8.22. The van der Waals surface area contributed by atoms with E-state index >= 15 is 0 Å². The molecule has 1 aromatic rings. The van der Waals surface area contributed by atoms with Gasteiger partial charge in [-0.15, -0.1) is 6.42 Å². The second kappa shape index (κ2) is 17.3. The second-order valence-corrected chi connectivity index (χ2v) is 20.0. The van der Waals surface area contributed by atoms with Gasteiger partial charge in [0.25, 0.3) is 0 Å². The number of likely N-dealkylation sites (tertiary alicyclic amines) is 1. The average Bonchev–Trinajstić information content (AvgIpc) is 3.39. The minimum absolute atomic E-state index is 0.0123. The number of nitrogens with one attached hydrogen (secondary N) is 2. The fraction of sp³-hybridized carbons (Fsp3) is 0.667. The SMILES string of the molecule is C#Cc1ccc(C(CO[Si](C)(C)C(C)(C)C)NC(=O)[C@@H]2C[C@@H](O)CN2C(=O)C(NC(=O)CCCCCCC(=O)OC)C(C)(C)C)cc1. The zero-order valence-electron chi connectivity index (χ0n) is 29.9. The van der Waals surface area contributed by atoms with Crippen molar-refractivity contribution in [1.82, 2.24) is 15.5 Å². The van der Waals surface area contributed by atoms with Crippen LogP contribution in [0.5, 0.6) is 0 Å². The topological polar surface area (TPSA) is 134 Å². The minimum Gasteiger partial charge on any atom is -0.469 e. The third-order valence-electron chi connectivity index (χ3n) is 9.26. The Morgan fingerprint density at radius 1 is 1.00 bits per heavy atom. The Morgan fingerprint density at radius 2 is 1.60 bits per heavy atom. The Bertz CT molecular complexity index is 1260. The van der Waals surface area contributed by atoms with Crippen LogP contribution in [0.1, 0.15) is 104 Å². The predicted molar refractivity (Wildman–Crippen MR) is 186 cm³/mol. The van der Waals surface area contributed by atoms with Crippen LogP contribution in [0.25, 0.3) is 0 Å². The number of benzene rings is 1. The number of carbonyl (C=O) groups excluding carboxylic acids is 4. The molecule has 0 aliphatic carbocycles. The van der Waals surface area contributed by atoms with Crippen LogP contribution in [0.15, 0.2) is 24.3 Å². The molecule has 0 radical (unpaired) electrons. The van der Waals surface area contributed by atoms with Crippen LogP contribution in [-0.2, 0) is 28.3 Å². The fourth-order valence-corrected chi connectivity index (χ4v) is 6.19. The van der Waals surface area contributed by atoms with Gasteiger partial charge in [-0.3, -0.25) is 19.2 Å². The van der Waals surface area contributed by atoms with E-state index in [0.29, 0.717) is 24.8 Å². The molecule has 0 aromatic heterocycles. The third-order valence-corrected chi connectivity index (χ3v) is 13.8. The quantitative estimate of drug-likeness (QED) is 0.105. The molecule has 1 aliphatic rings. The van der Waals surface area contributed by atoms with Crippen molar-refractivity contribution in [3.8, 4) is 12.3 Å². The number of terminal acetylenes is 1. The molecule has 262 valence electrons. The number of aliphatic hydroxyl groups excluding tert-OH is 1. The average molecular weight is 672 g/mol. The molecule has 1 saturated heterocycles. The Morgan fingerprint density at radius 3 is 2.13 bits per heavy atom. The number of methoxy groups -OCH3 is 1. The highest BCUT2D eigenvalue weighted by atomic mass is 28.4. The number of aliphatic hydroxyl groups is 1. The Labute approximate surface area is 282 Å². The summed E-state index contributed by atoms with van der Waals surface area (Å²) in [5, 5.41) is 16.6. The number of unbranched alkanes of at least 4 members (excludes halogenated alkanes) is 3. The molecular formula is C36H57N3O7Si. The van der Waals surface area contributed by atoms with Crippen molar-refractivity contribution in [3.63, 3.8) is 0 Å². The van der Waals surface area contributed by atoms with Gasteiger partial charge in [-0.1, -0.05) is 72.4 Å². The molecule has 0 bridgehead atoms. The first-order valence-corrected chi connectivity index (χ1v) is 19.6. The summed E-state index contributed by atoms with van der Waals surface area (Å²) in [5.41, 5.74) is 0.881. The normalized spacial score (nSPS) is 18.2. The van der Waals surface area contributed by atoms with Crippen molar-refractivity contribution >= 4 is 32.0 Å². The second-order valence-electron chi connectivity index (χ2n) is 15.2. The molecule has 10 nitrogen and oxygen atoms in total. The van der Waals surface area contributed by atoms with E-state index in [4.69, 9.17) is 10.8 Å². The zero-order valence-corrected chi connectivity index (χ0v) is 30.9. The molecule has 2 unspecified atom stereocenters. The van der Waals surface area contributed by atoms with Gasteiger partial charge in [-0.05, 0) is 54.1 Å². The van der Waals surface area contributed by atoms with Gasteiger partial charge < -0.3 is 29.8 Å². The van der Waals surface area contributed by atoms with Crippen molar-refractivity contribution in [2.75, 3.05) is 20.3 Å². The lowest BCUT2D eigenvalue weighted by molar-refractivity contribution is -0.144. The van der Waals surface area contributed by atoms with Gasteiger partial charge in [-0.25, -0.2) is 0 Å². The van der Waals surface area contributed by atoms with Crippen LogP contribution in [0.4, 0.5) is 0 Å². The highest BCUT2D eigenvalue weighted by Crippen LogP contribution is 2.37. The molecule has 4 atom stereocenters. The summed E-state index contributed by atoms with van der Waals surface area (Å²) in [5.74, 6) is 1.30. The Hall–Kier alpha value is -3.20. The van der Waals surface area contributed by atoms with Gasteiger partial charge >= 0.3 is 5.97 Å². The van der Waals surface area contributed by atoms with E-state index in [2.05, 4.69) is 55.2 Å². The van der Waals surface area contributed by atoms with Crippen LogP contribution >= 0.6 is 0 Å². The van der Waals surface area contributed by atoms with E-state index < -0.39 is 49.8 Å². The molecule has 0 saturated carbocycles. The number of carbonyl (C=O) groups is 4. The molecular weight excluding hydrogens is 614 g/mol. The zero-order chi connectivity index (χ0) is 35.6. The molecule has 3 amide bonds. The standard InChI is InChI=1S/C36H57N3O7Si/c1-11-25-18-20-26(21-19-25)28(24-46-47(9,10)36(5,6)7)37-33(43)29-22-27(40)23-39(29)34(44)32(35(2,3)4)38-30(41)16-14-12-13-15-17-31(42)45-8/h1,18-21,27-29,32,40H,12-17,22-24H2,2-10H3,(H,37,43)(H,38,41)/t27-,28?,29+,32?/m1/s1. The number of rotatable bonds is 15. The number of hydrogen-bond acceptors (Lipinski definition) is 7. The molecule has 11 heteroatoms. The van der Waals surface area contributed by atoms with Gasteiger partial charge in [0.05, 0.1) is 25.9 Å². The van der Waals surface area contributed by atoms with Crippen LogP contribution in [-0.4, -0.2) is 80.5 Å². The van der Waals surface area contributed by atoms with Gasteiger partial charge in [0.15, 0.2) is 8.32 Å². The highest BCUT2D eigenvalue weighted by Gasteiger charge is 2.45. The molecule has 1 aliphatic heterocycles. The summed E-state index contributed by atoms with van der Waals surface area (Å²) in [6.45, 7) is 16.5. The van der Waals surface area contributed by atoms with Crippen molar-refractivity contribution in [1.29, 1.82) is 0 Å². The Balaban J connectivity index is 2.19. The minimum atomic E-state index is -2.16. The molecule has 2 rings (SSSR count). The fourth-order valence-electron chi connectivity index (χ4n) is 5.17. The van der Waals surface area contributed by atoms with Crippen LogP contribution in [0, 0.1) is 17.8 Å². The van der Waals surface area contributed by atoms with E-state index in [0.717, 1.165) is 18.4 Å². The molecule has 3 N–H and O–H groups in total. The number of hydrogen-bond donors (Lipinski definition) is 3. The molecule has 47 heavy (non-hydrogen) atoms. The van der Waals surface area contributed by atoms with E-state index in [9.17, 15) is 24.3 Å². The van der Waals surface area contributed by atoms with Crippen molar-refractivity contribution < 1.29 is 33.4 Å². The number of esters is 1. The third kappa shape index (κ3) is 12.1. The van der Waals surface area contributed by atoms with Gasteiger partial charge in [-0.2, -0.15) is 0 Å². The summed E-state index contributed by atoms with van der Waals surface area (Å²) in [7, 11) is -0.803. The predicted octanol–water partition coefficient (Wildman–Crippen LogP) is 4.85. The summed E-state index contributed by atoms with van der Waals surface area (Å²) >= 11 is 0. The lowest BCUT2D eigenvalue weighted by Crippen LogP contribution is -2.58. The Kier molecular flexibility index (Phi) is 14.7. The largest absolute Gasteiger partial charge is 0.469 e.